The average molecular weight is 276 g/mol. The van der Waals surface area contributed by atoms with Crippen LogP contribution in [0.1, 0.15) is 29.0 Å². The van der Waals surface area contributed by atoms with Crippen molar-refractivity contribution in [2.75, 3.05) is 0 Å². The van der Waals surface area contributed by atoms with Crippen LogP contribution in [0.15, 0.2) is 35.7 Å². The van der Waals surface area contributed by atoms with Crippen molar-refractivity contribution in [1.82, 2.24) is 5.32 Å². The summed E-state index contributed by atoms with van der Waals surface area (Å²) in [6.45, 7) is 4.83. The monoisotopic (exact) mass is 276 g/mol. The van der Waals surface area contributed by atoms with Gasteiger partial charge < -0.3 is 5.32 Å². The molecule has 0 aliphatic rings. The molecule has 1 heterocycles. The van der Waals surface area contributed by atoms with Gasteiger partial charge in [0.1, 0.15) is 0 Å². The molecule has 4 nitrogen and oxygen atoms in total. The third-order valence-electron chi connectivity index (χ3n) is 3.03. The summed E-state index contributed by atoms with van der Waals surface area (Å²) >= 11 is 1.73. The molecule has 2 rings (SSSR count). The molecule has 100 valence electrons. The fourth-order valence-electron chi connectivity index (χ4n) is 1.97. The third kappa shape index (κ3) is 3.39. The molecular formula is C14H16N2O2S. The Kier molecular flexibility index (Phi) is 4.29. The lowest BCUT2D eigenvalue weighted by Crippen LogP contribution is -2.17. The van der Waals surface area contributed by atoms with Crippen molar-refractivity contribution in [3.63, 3.8) is 0 Å². The van der Waals surface area contributed by atoms with E-state index in [0.717, 1.165) is 5.56 Å². The van der Waals surface area contributed by atoms with Crippen LogP contribution in [-0.4, -0.2) is 4.92 Å². The standard InChI is InChI=1S/C14H16N2O2S/c1-10-6-7-19-14(10)11(2)15-9-12-4-3-5-13(8-12)16(17)18/h3-8,11,15H,9H2,1-2H3. The molecule has 5 heteroatoms. The fourth-order valence-corrected chi connectivity index (χ4v) is 2.93. The SMILES string of the molecule is Cc1ccsc1C(C)NCc1cccc([N+](=O)[O-])c1. The zero-order valence-corrected chi connectivity index (χ0v) is 11.7. The number of aryl methyl sites for hydroxylation is 1. The Morgan fingerprint density at radius 2 is 2.21 bits per heavy atom. The number of hydrogen-bond donors (Lipinski definition) is 1. The molecule has 1 aromatic carbocycles. The highest BCUT2D eigenvalue weighted by Gasteiger charge is 2.10. The van der Waals surface area contributed by atoms with Gasteiger partial charge in [-0.2, -0.15) is 0 Å². The number of benzene rings is 1. The van der Waals surface area contributed by atoms with Crippen molar-refractivity contribution in [3.05, 3.63) is 61.8 Å². The minimum Gasteiger partial charge on any atom is -0.305 e. The number of nitrogens with one attached hydrogen (secondary N) is 1. The number of nitrogens with zero attached hydrogens (tertiary/aromatic N) is 1. The van der Waals surface area contributed by atoms with Crippen molar-refractivity contribution < 1.29 is 4.92 Å². The molecule has 0 saturated heterocycles. The van der Waals surface area contributed by atoms with E-state index in [-0.39, 0.29) is 16.7 Å². The number of hydrogen-bond acceptors (Lipinski definition) is 4. The summed E-state index contributed by atoms with van der Waals surface area (Å²) in [7, 11) is 0. The second-order valence-corrected chi connectivity index (χ2v) is 5.45. The van der Waals surface area contributed by atoms with E-state index in [1.807, 2.05) is 6.07 Å². The van der Waals surface area contributed by atoms with E-state index in [1.54, 1.807) is 23.5 Å². The minimum atomic E-state index is -0.365. The lowest BCUT2D eigenvalue weighted by atomic mass is 10.1. The van der Waals surface area contributed by atoms with Crippen molar-refractivity contribution in [2.24, 2.45) is 0 Å². The number of rotatable bonds is 5. The number of non-ortho nitro benzene ring substituents is 1. The van der Waals surface area contributed by atoms with E-state index in [0.29, 0.717) is 6.54 Å². The molecule has 0 saturated carbocycles. The summed E-state index contributed by atoms with van der Waals surface area (Å²) in [5.41, 5.74) is 2.35. The maximum Gasteiger partial charge on any atom is 0.269 e. The zero-order valence-electron chi connectivity index (χ0n) is 10.9. The van der Waals surface area contributed by atoms with E-state index in [1.165, 1.54) is 16.5 Å². The topological polar surface area (TPSA) is 55.2 Å². The Labute approximate surface area is 116 Å². The van der Waals surface area contributed by atoms with Gasteiger partial charge >= 0.3 is 0 Å². The first-order valence-electron chi connectivity index (χ1n) is 6.08. The fraction of sp³-hybridized carbons (Fsp3) is 0.286. The van der Waals surface area contributed by atoms with E-state index in [4.69, 9.17) is 0 Å². The smallest absolute Gasteiger partial charge is 0.269 e. The molecule has 0 fully saturated rings. The van der Waals surface area contributed by atoms with Crippen LogP contribution >= 0.6 is 11.3 Å². The Hall–Kier alpha value is -1.72. The van der Waals surface area contributed by atoms with Crippen LogP contribution < -0.4 is 5.32 Å². The Morgan fingerprint density at radius 3 is 2.84 bits per heavy atom. The van der Waals surface area contributed by atoms with E-state index < -0.39 is 0 Å². The van der Waals surface area contributed by atoms with E-state index in [9.17, 15) is 10.1 Å². The molecule has 1 aromatic heterocycles. The van der Waals surface area contributed by atoms with Crippen LogP contribution in [-0.2, 0) is 6.54 Å². The maximum atomic E-state index is 10.7. The lowest BCUT2D eigenvalue weighted by molar-refractivity contribution is -0.384. The summed E-state index contributed by atoms with van der Waals surface area (Å²) in [5, 5.41) is 16.2. The van der Waals surface area contributed by atoms with Crippen molar-refractivity contribution in [1.29, 1.82) is 0 Å². The second kappa shape index (κ2) is 5.95. The lowest BCUT2D eigenvalue weighted by Gasteiger charge is -2.13. The Bertz CT molecular complexity index is 580. The van der Waals surface area contributed by atoms with Crippen LogP contribution in [0, 0.1) is 17.0 Å². The summed E-state index contributed by atoms with van der Waals surface area (Å²) in [6.07, 6.45) is 0. The van der Waals surface area contributed by atoms with Crippen LogP contribution in [0.5, 0.6) is 0 Å². The van der Waals surface area contributed by atoms with Gasteiger partial charge in [0.15, 0.2) is 0 Å². The Morgan fingerprint density at radius 1 is 1.42 bits per heavy atom. The van der Waals surface area contributed by atoms with Crippen LogP contribution in [0.3, 0.4) is 0 Å². The molecular weight excluding hydrogens is 260 g/mol. The largest absolute Gasteiger partial charge is 0.305 e. The maximum absolute atomic E-state index is 10.7. The molecule has 0 aliphatic heterocycles. The van der Waals surface area contributed by atoms with Gasteiger partial charge in [0.05, 0.1) is 4.92 Å². The minimum absolute atomic E-state index is 0.138. The Balaban J connectivity index is 2.01. The van der Waals surface area contributed by atoms with Gasteiger partial charge in [-0.05, 0) is 36.4 Å². The molecule has 1 atom stereocenters. The third-order valence-corrected chi connectivity index (χ3v) is 4.23. The first-order chi connectivity index (χ1) is 9.08. The van der Waals surface area contributed by atoms with Gasteiger partial charge in [-0.3, -0.25) is 10.1 Å². The summed E-state index contributed by atoms with van der Waals surface area (Å²) in [5.74, 6) is 0. The molecule has 0 bridgehead atoms. The quantitative estimate of drug-likeness (QED) is 0.667. The number of nitro benzene ring substituents is 1. The zero-order chi connectivity index (χ0) is 13.8. The van der Waals surface area contributed by atoms with Crippen molar-refractivity contribution in [3.8, 4) is 0 Å². The van der Waals surface area contributed by atoms with Gasteiger partial charge in [0.2, 0.25) is 0 Å². The second-order valence-electron chi connectivity index (χ2n) is 4.50. The molecule has 0 aliphatic carbocycles. The predicted molar refractivity (Wildman–Crippen MR) is 77.4 cm³/mol. The van der Waals surface area contributed by atoms with Gasteiger partial charge in [0.25, 0.3) is 5.69 Å². The van der Waals surface area contributed by atoms with E-state index >= 15 is 0 Å². The normalized spacial score (nSPS) is 12.3. The van der Waals surface area contributed by atoms with Gasteiger partial charge in [-0.25, -0.2) is 0 Å². The van der Waals surface area contributed by atoms with Gasteiger partial charge in [-0.15, -0.1) is 11.3 Å². The molecule has 0 radical (unpaired) electrons. The summed E-state index contributed by atoms with van der Waals surface area (Å²) in [4.78, 5) is 11.7. The highest BCUT2D eigenvalue weighted by atomic mass is 32.1. The van der Waals surface area contributed by atoms with Gasteiger partial charge in [-0.1, -0.05) is 12.1 Å². The number of thiophene rings is 1. The highest BCUT2D eigenvalue weighted by Crippen LogP contribution is 2.24. The highest BCUT2D eigenvalue weighted by molar-refractivity contribution is 7.10. The van der Waals surface area contributed by atoms with Crippen LogP contribution in [0.4, 0.5) is 5.69 Å². The summed E-state index contributed by atoms with van der Waals surface area (Å²) in [6, 6.07) is 9.09. The number of nitro groups is 1. The van der Waals surface area contributed by atoms with Crippen molar-refractivity contribution >= 4 is 17.0 Å². The molecule has 19 heavy (non-hydrogen) atoms. The predicted octanol–water partition coefficient (Wildman–Crippen LogP) is 3.82. The first kappa shape index (κ1) is 13.7. The van der Waals surface area contributed by atoms with Crippen LogP contribution in [0.2, 0.25) is 0 Å². The molecule has 1 unspecified atom stereocenters. The van der Waals surface area contributed by atoms with Gasteiger partial charge in [0, 0.05) is 29.6 Å². The van der Waals surface area contributed by atoms with Crippen molar-refractivity contribution in [2.45, 2.75) is 26.4 Å². The molecule has 1 N–H and O–H groups in total. The van der Waals surface area contributed by atoms with E-state index in [2.05, 4.69) is 30.6 Å². The average Bonchev–Trinajstić information content (AvgIpc) is 2.82. The summed E-state index contributed by atoms with van der Waals surface area (Å²) < 4.78 is 0. The van der Waals surface area contributed by atoms with Crippen LogP contribution in [0.25, 0.3) is 0 Å². The first-order valence-corrected chi connectivity index (χ1v) is 6.96. The molecule has 0 spiro atoms. The molecule has 2 aromatic rings. The molecule has 0 amide bonds.